The molecular formula is C15H27NO4. The van der Waals surface area contributed by atoms with Crippen molar-refractivity contribution < 1.29 is 19.4 Å². The SMILES string of the molecule is CC(C)OCC(O)[C@@H]1OC(=O)N[C@H]1CC1CCCCC1. The van der Waals surface area contributed by atoms with Crippen molar-refractivity contribution in [3.05, 3.63) is 0 Å². The molecule has 0 spiro atoms. The fourth-order valence-electron chi connectivity index (χ4n) is 3.18. The Morgan fingerprint density at radius 3 is 2.70 bits per heavy atom. The molecule has 0 aromatic heterocycles. The van der Waals surface area contributed by atoms with E-state index in [1.165, 1.54) is 32.1 Å². The van der Waals surface area contributed by atoms with Crippen molar-refractivity contribution in [1.29, 1.82) is 0 Å². The number of carbonyl (C=O) groups is 1. The monoisotopic (exact) mass is 285 g/mol. The zero-order valence-electron chi connectivity index (χ0n) is 12.5. The molecule has 20 heavy (non-hydrogen) atoms. The van der Waals surface area contributed by atoms with Crippen LogP contribution in [0, 0.1) is 5.92 Å². The molecule has 2 aliphatic rings. The van der Waals surface area contributed by atoms with Crippen molar-refractivity contribution in [3.8, 4) is 0 Å². The number of nitrogens with one attached hydrogen (secondary N) is 1. The van der Waals surface area contributed by atoms with E-state index in [0.29, 0.717) is 5.92 Å². The number of cyclic esters (lactones) is 1. The predicted molar refractivity (Wildman–Crippen MR) is 75.5 cm³/mol. The van der Waals surface area contributed by atoms with Crippen molar-refractivity contribution in [2.75, 3.05) is 6.61 Å². The standard InChI is InChI=1S/C15H27NO4/c1-10(2)19-9-13(17)14-12(16-15(18)20-14)8-11-6-4-3-5-7-11/h10-14,17H,3-9H2,1-2H3,(H,16,18)/t12-,13?,14+/m0/s1. The zero-order chi connectivity index (χ0) is 14.5. The Morgan fingerprint density at radius 1 is 1.35 bits per heavy atom. The average Bonchev–Trinajstić information content (AvgIpc) is 2.78. The van der Waals surface area contributed by atoms with Crippen LogP contribution < -0.4 is 5.32 Å². The number of amides is 1. The summed E-state index contributed by atoms with van der Waals surface area (Å²) in [6.07, 6.45) is 5.60. The van der Waals surface area contributed by atoms with Gasteiger partial charge in [-0.25, -0.2) is 4.79 Å². The molecule has 5 heteroatoms. The Bertz CT molecular complexity index is 315. The molecular weight excluding hydrogens is 258 g/mol. The van der Waals surface area contributed by atoms with Crippen molar-refractivity contribution in [2.24, 2.45) is 5.92 Å². The highest BCUT2D eigenvalue weighted by Gasteiger charge is 2.40. The minimum atomic E-state index is -0.759. The lowest BCUT2D eigenvalue weighted by Crippen LogP contribution is -2.43. The van der Waals surface area contributed by atoms with Crippen LogP contribution in [0.25, 0.3) is 0 Å². The van der Waals surface area contributed by atoms with Crippen LogP contribution in [0.2, 0.25) is 0 Å². The lowest BCUT2D eigenvalue weighted by Gasteiger charge is -2.28. The van der Waals surface area contributed by atoms with Gasteiger partial charge in [0.05, 0.1) is 18.8 Å². The second-order valence-electron chi connectivity index (χ2n) is 6.31. The van der Waals surface area contributed by atoms with Crippen molar-refractivity contribution in [2.45, 2.75) is 76.7 Å². The van der Waals surface area contributed by atoms with Crippen LogP contribution in [0.4, 0.5) is 4.79 Å². The third-order valence-electron chi connectivity index (χ3n) is 4.23. The van der Waals surface area contributed by atoms with Gasteiger partial charge in [0.1, 0.15) is 6.10 Å². The number of rotatable bonds is 6. The van der Waals surface area contributed by atoms with Crippen LogP contribution in [0.5, 0.6) is 0 Å². The Hall–Kier alpha value is -0.810. The summed E-state index contributed by atoms with van der Waals surface area (Å²) in [6.45, 7) is 4.05. The summed E-state index contributed by atoms with van der Waals surface area (Å²) in [5.41, 5.74) is 0. The van der Waals surface area contributed by atoms with E-state index < -0.39 is 18.3 Å². The normalized spacial score (nSPS) is 29.3. The van der Waals surface area contributed by atoms with E-state index >= 15 is 0 Å². The number of carbonyl (C=O) groups excluding carboxylic acids is 1. The van der Waals surface area contributed by atoms with Gasteiger partial charge in [0, 0.05) is 0 Å². The predicted octanol–water partition coefficient (Wildman–Crippen LogP) is 2.22. The van der Waals surface area contributed by atoms with Crippen molar-refractivity contribution in [3.63, 3.8) is 0 Å². The maximum absolute atomic E-state index is 11.5. The Kier molecular flexibility index (Phi) is 5.66. The number of alkyl carbamates (subject to hydrolysis) is 1. The fourth-order valence-corrected chi connectivity index (χ4v) is 3.18. The maximum Gasteiger partial charge on any atom is 0.407 e. The molecule has 1 heterocycles. The lowest BCUT2D eigenvalue weighted by molar-refractivity contribution is -0.0525. The van der Waals surface area contributed by atoms with Gasteiger partial charge in [0.15, 0.2) is 6.10 Å². The number of aliphatic hydroxyl groups is 1. The lowest BCUT2D eigenvalue weighted by atomic mass is 9.83. The first-order valence-corrected chi connectivity index (χ1v) is 7.83. The Balaban J connectivity index is 1.86. The van der Waals surface area contributed by atoms with Crippen LogP contribution >= 0.6 is 0 Å². The highest BCUT2D eigenvalue weighted by molar-refractivity contribution is 5.70. The highest BCUT2D eigenvalue weighted by atomic mass is 16.6. The summed E-state index contributed by atoms with van der Waals surface area (Å²) in [5.74, 6) is 0.636. The number of ether oxygens (including phenoxy) is 2. The molecule has 3 atom stereocenters. The van der Waals surface area contributed by atoms with Crippen LogP contribution in [0.3, 0.4) is 0 Å². The first-order valence-electron chi connectivity index (χ1n) is 7.83. The molecule has 1 aliphatic heterocycles. The van der Waals surface area contributed by atoms with E-state index in [9.17, 15) is 9.90 Å². The fraction of sp³-hybridized carbons (Fsp3) is 0.933. The Morgan fingerprint density at radius 2 is 2.05 bits per heavy atom. The van der Waals surface area contributed by atoms with Gasteiger partial charge >= 0.3 is 6.09 Å². The molecule has 1 aliphatic carbocycles. The molecule has 1 unspecified atom stereocenters. The third kappa shape index (κ3) is 4.35. The molecule has 1 saturated carbocycles. The summed E-state index contributed by atoms with van der Waals surface area (Å²) in [5, 5.41) is 13.0. The largest absolute Gasteiger partial charge is 0.441 e. The smallest absolute Gasteiger partial charge is 0.407 e. The molecule has 0 radical (unpaired) electrons. The third-order valence-corrected chi connectivity index (χ3v) is 4.23. The van der Waals surface area contributed by atoms with Crippen LogP contribution in [0.15, 0.2) is 0 Å². The Labute approximate surface area is 121 Å². The van der Waals surface area contributed by atoms with E-state index in [0.717, 1.165) is 6.42 Å². The van der Waals surface area contributed by atoms with Gasteiger partial charge in [-0.3, -0.25) is 0 Å². The van der Waals surface area contributed by atoms with Gasteiger partial charge in [0.2, 0.25) is 0 Å². The summed E-state index contributed by atoms with van der Waals surface area (Å²) < 4.78 is 10.7. The van der Waals surface area contributed by atoms with E-state index in [2.05, 4.69) is 5.32 Å². The van der Waals surface area contributed by atoms with Gasteiger partial charge in [-0.2, -0.15) is 0 Å². The molecule has 0 aromatic carbocycles. The van der Waals surface area contributed by atoms with Crippen LogP contribution in [-0.4, -0.2) is 42.2 Å². The van der Waals surface area contributed by atoms with Crippen molar-refractivity contribution >= 4 is 6.09 Å². The van der Waals surface area contributed by atoms with E-state index in [1.807, 2.05) is 13.8 Å². The van der Waals surface area contributed by atoms with Gasteiger partial charge in [-0.15, -0.1) is 0 Å². The van der Waals surface area contributed by atoms with E-state index in [-0.39, 0.29) is 18.8 Å². The van der Waals surface area contributed by atoms with Gasteiger partial charge in [0.25, 0.3) is 0 Å². The van der Waals surface area contributed by atoms with E-state index in [4.69, 9.17) is 9.47 Å². The molecule has 2 rings (SSSR count). The zero-order valence-corrected chi connectivity index (χ0v) is 12.5. The number of aliphatic hydroxyl groups excluding tert-OH is 1. The molecule has 1 saturated heterocycles. The first-order chi connectivity index (χ1) is 9.56. The maximum atomic E-state index is 11.5. The first kappa shape index (κ1) is 15.6. The number of hydrogen-bond donors (Lipinski definition) is 2. The average molecular weight is 285 g/mol. The van der Waals surface area contributed by atoms with Crippen molar-refractivity contribution in [1.82, 2.24) is 5.32 Å². The van der Waals surface area contributed by atoms with Crippen LogP contribution in [0.1, 0.15) is 52.4 Å². The molecule has 0 bridgehead atoms. The molecule has 2 fully saturated rings. The summed E-state index contributed by atoms with van der Waals surface area (Å²) in [4.78, 5) is 11.5. The molecule has 2 N–H and O–H groups in total. The highest BCUT2D eigenvalue weighted by Crippen LogP contribution is 2.30. The van der Waals surface area contributed by atoms with Gasteiger partial charge in [-0.1, -0.05) is 32.1 Å². The summed E-state index contributed by atoms with van der Waals surface area (Å²) >= 11 is 0. The summed E-state index contributed by atoms with van der Waals surface area (Å²) in [7, 11) is 0. The molecule has 5 nitrogen and oxygen atoms in total. The summed E-state index contributed by atoms with van der Waals surface area (Å²) in [6, 6.07) is -0.0867. The van der Waals surface area contributed by atoms with Gasteiger partial charge in [-0.05, 0) is 26.2 Å². The minimum Gasteiger partial charge on any atom is -0.441 e. The number of hydrogen-bond acceptors (Lipinski definition) is 4. The van der Waals surface area contributed by atoms with Gasteiger partial charge < -0.3 is 19.9 Å². The minimum absolute atomic E-state index is 0.0616. The van der Waals surface area contributed by atoms with Crippen LogP contribution in [-0.2, 0) is 9.47 Å². The van der Waals surface area contributed by atoms with E-state index in [1.54, 1.807) is 0 Å². The molecule has 0 aromatic rings. The quantitative estimate of drug-likeness (QED) is 0.785. The second-order valence-corrected chi connectivity index (χ2v) is 6.31. The topological polar surface area (TPSA) is 67.8 Å². The molecule has 116 valence electrons. The second kappa shape index (κ2) is 7.27. The molecule has 1 amide bonds.